The van der Waals surface area contributed by atoms with E-state index in [2.05, 4.69) is 44.8 Å². The van der Waals surface area contributed by atoms with E-state index >= 15 is 0 Å². The summed E-state index contributed by atoms with van der Waals surface area (Å²) in [5, 5.41) is 10.6. The van der Waals surface area contributed by atoms with Crippen LogP contribution in [0, 0.1) is 0 Å². The zero-order valence-electron chi connectivity index (χ0n) is 11.1. The van der Waals surface area contributed by atoms with Crippen LogP contribution in [0.2, 0.25) is 0 Å². The number of imidazole rings is 1. The molecule has 0 atom stereocenters. The number of benzene rings is 1. The van der Waals surface area contributed by atoms with Crippen molar-refractivity contribution in [3.8, 4) is 11.3 Å². The molecule has 0 fully saturated rings. The Bertz CT molecular complexity index is 695. The summed E-state index contributed by atoms with van der Waals surface area (Å²) in [6.45, 7) is 0.945. The highest BCUT2D eigenvalue weighted by Gasteiger charge is 2.06. The molecular formula is C14H17N5. The SMILES string of the molecule is CNCCc1cc(-c2ccc3c(c2)ncn3C)n[nH]1. The number of likely N-dealkylation sites (N-methyl/N-ethyl adjacent to an activating group) is 1. The predicted octanol–water partition coefficient (Wildman–Crippen LogP) is 1.73. The largest absolute Gasteiger partial charge is 0.334 e. The average molecular weight is 255 g/mol. The van der Waals surface area contributed by atoms with Crippen molar-refractivity contribution in [2.24, 2.45) is 7.05 Å². The van der Waals surface area contributed by atoms with Crippen LogP contribution >= 0.6 is 0 Å². The summed E-state index contributed by atoms with van der Waals surface area (Å²) in [5.41, 5.74) is 5.34. The van der Waals surface area contributed by atoms with E-state index in [-0.39, 0.29) is 0 Å². The van der Waals surface area contributed by atoms with Crippen LogP contribution < -0.4 is 5.32 Å². The van der Waals surface area contributed by atoms with E-state index in [1.165, 1.54) is 0 Å². The number of nitrogens with zero attached hydrogens (tertiary/aromatic N) is 3. The molecule has 0 aliphatic carbocycles. The molecule has 0 radical (unpaired) electrons. The van der Waals surface area contributed by atoms with Crippen molar-refractivity contribution in [3.05, 3.63) is 36.3 Å². The molecule has 3 aromatic rings. The molecule has 5 heteroatoms. The maximum atomic E-state index is 4.38. The van der Waals surface area contributed by atoms with Crippen LogP contribution in [0.1, 0.15) is 5.69 Å². The molecule has 0 saturated heterocycles. The van der Waals surface area contributed by atoms with Crippen LogP contribution in [-0.2, 0) is 13.5 Å². The summed E-state index contributed by atoms with van der Waals surface area (Å²) in [6, 6.07) is 8.34. The van der Waals surface area contributed by atoms with Gasteiger partial charge in [-0.2, -0.15) is 5.10 Å². The maximum absolute atomic E-state index is 4.38. The lowest BCUT2D eigenvalue weighted by atomic mass is 10.1. The molecule has 0 unspecified atom stereocenters. The molecule has 3 rings (SSSR count). The fourth-order valence-electron chi connectivity index (χ4n) is 2.19. The molecule has 1 aromatic carbocycles. The number of hydrogen-bond acceptors (Lipinski definition) is 3. The van der Waals surface area contributed by atoms with Gasteiger partial charge in [0.1, 0.15) is 0 Å². The van der Waals surface area contributed by atoms with Crippen LogP contribution in [0.5, 0.6) is 0 Å². The second-order valence-corrected chi connectivity index (χ2v) is 4.69. The Morgan fingerprint density at radius 2 is 2.21 bits per heavy atom. The van der Waals surface area contributed by atoms with E-state index < -0.39 is 0 Å². The van der Waals surface area contributed by atoms with Crippen molar-refractivity contribution in [2.45, 2.75) is 6.42 Å². The summed E-state index contributed by atoms with van der Waals surface area (Å²) in [4.78, 5) is 4.38. The molecule has 2 N–H and O–H groups in total. The fourth-order valence-corrected chi connectivity index (χ4v) is 2.19. The maximum Gasteiger partial charge on any atom is 0.0955 e. The summed E-state index contributed by atoms with van der Waals surface area (Å²) in [5.74, 6) is 0. The van der Waals surface area contributed by atoms with Gasteiger partial charge in [-0.05, 0) is 25.2 Å². The van der Waals surface area contributed by atoms with Gasteiger partial charge in [-0.25, -0.2) is 4.98 Å². The molecule has 0 amide bonds. The second kappa shape index (κ2) is 4.85. The van der Waals surface area contributed by atoms with E-state index in [0.717, 1.165) is 41.0 Å². The van der Waals surface area contributed by atoms with Gasteiger partial charge in [0, 0.05) is 31.3 Å². The van der Waals surface area contributed by atoms with Gasteiger partial charge in [-0.1, -0.05) is 6.07 Å². The molecule has 0 aliphatic heterocycles. The zero-order valence-corrected chi connectivity index (χ0v) is 11.1. The first-order valence-electron chi connectivity index (χ1n) is 6.38. The summed E-state index contributed by atoms with van der Waals surface area (Å²) in [6.07, 6.45) is 2.78. The lowest BCUT2D eigenvalue weighted by Crippen LogP contribution is -2.10. The number of fused-ring (bicyclic) bond motifs is 1. The summed E-state index contributed by atoms with van der Waals surface area (Å²) < 4.78 is 2.02. The van der Waals surface area contributed by atoms with Crippen molar-refractivity contribution in [1.82, 2.24) is 25.1 Å². The second-order valence-electron chi connectivity index (χ2n) is 4.69. The predicted molar refractivity (Wildman–Crippen MR) is 75.9 cm³/mol. The highest BCUT2D eigenvalue weighted by atomic mass is 15.1. The van der Waals surface area contributed by atoms with E-state index in [4.69, 9.17) is 0 Å². The first-order valence-corrected chi connectivity index (χ1v) is 6.38. The lowest BCUT2D eigenvalue weighted by molar-refractivity contribution is 0.772. The molecule has 0 aliphatic rings. The minimum absolute atomic E-state index is 0.945. The summed E-state index contributed by atoms with van der Waals surface area (Å²) in [7, 11) is 3.95. The van der Waals surface area contributed by atoms with Gasteiger partial charge >= 0.3 is 0 Å². The molecule has 2 heterocycles. The number of hydrogen-bond donors (Lipinski definition) is 2. The number of nitrogens with one attached hydrogen (secondary N) is 2. The first-order chi connectivity index (χ1) is 9.28. The molecule has 19 heavy (non-hydrogen) atoms. The Morgan fingerprint density at radius 3 is 3.05 bits per heavy atom. The molecule has 2 aromatic heterocycles. The van der Waals surface area contributed by atoms with Gasteiger partial charge in [0.2, 0.25) is 0 Å². The third kappa shape index (κ3) is 2.24. The topological polar surface area (TPSA) is 58.5 Å². The molecule has 0 saturated carbocycles. The van der Waals surface area contributed by atoms with Gasteiger partial charge in [0.15, 0.2) is 0 Å². The summed E-state index contributed by atoms with van der Waals surface area (Å²) >= 11 is 0. The molecule has 0 spiro atoms. The number of aromatic amines is 1. The van der Waals surface area contributed by atoms with Crippen molar-refractivity contribution >= 4 is 11.0 Å². The number of rotatable bonds is 4. The van der Waals surface area contributed by atoms with Gasteiger partial charge in [0.05, 0.1) is 23.1 Å². The zero-order chi connectivity index (χ0) is 13.2. The van der Waals surface area contributed by atoms with Gasteiger partial charge in [-0.15, -0.1) is 0 Å². The quantitative estimate of drug-likeness (QED) is 0.746. The van der Waals surface area contributed by atoms with Crippen LogP contribution in [0.3, 0.4) is 0 Å². The fraction of sp³-hybridized carbons (Fsp3) is 0.286. The lowest BCUT2D eigenvalue weighted by Gasteiger charge is -1.98. The number of aryl methyl sites for hydroxylation is 1. The Labute approximate surface area is 111 Å². The van der Waals surface area contributed by atoms with Gasteiger partial charge in [-0.3, -0.25) is 5.10 Å². The Morgan fingerprint density at radius 1 is 1.32 bits per heavy atom. The monoisotopic (exact) mass is 255 g/mol. The van der Waals surface area contributed by atoms with Crippen LogP contribution in [0.15, 0.2) is 30.6 Å². The molecule has 98 valence electrons. The Hall–Kier alpha value is -2.14. The smallest absolute Gasteiger partial charge is 0.0955 e. The van der Waals surface area contributed by atoms with Crippen molar-refractivity contribution in [2.75, 3.05) is 13.6 Å². The number of H-pyrrole nitrogens is 1. The Kier molecular flexibility index (Phi) is 3.05. The highest BCUT2D eigenvalue weighted by Crippen LogP contribution is 2.22. The standard InChI is InChI=1S/C14H17N5/c1-15-6-5-11-8-12(18-17-11)10-3-4-14-13(7-10)16-9-19(14)2/h3-4,7-9,15H,5-6H2,1-2H3,(H,17,18). The van der Waals surface area contributed by atoms with E-state index in [1.54, 1.807) is 0 Å². The minimum Gasteiger partial charge on any atom is -0.334 e. The average Bonchev–Trinajstić information content (AvgIpc) is 3.04. The minimum atomic E-state index is 0.945. The molecule has 5 nitrogen and oxygen atoms in total. The first kappa shape index (κ1) is 11.9. The molecular weight excluding hydrogens is 238 g/mol. The molecule has 0 bridgehead atoms. The van der Waals surface area contributed by atoms with E-state index in [0.29, 0.717) is 0 Å². The van der Waals surface area contributed by atoms with Gasteiger partial charge in [0.25, 0.3) is 0 Å². The van der Waals surface area contributed by atoms with Crippen LogP contribution in [0.25, 0.3) is 22.3 Å². The van der Waals surface area contributed by atoms with Crippen molar-refractivity contribution in [3.63, 3.8) is 0 Å². The van der Waals surface area contributed by atoms with E-state index in [9.17, 15) is 0 Å². The Balaban J connectivity index is 1.92. The number of aromatic nitrogens is 4. The van der Waals surface area contributed by atoms with Crippen molar-refractivity contribution in [1.29, 1.82) is 0 Å². The van der Waals surface area contributed by atoms with Gasteiger partial charge < -0.3 is 9.88 Å². The van der Waals surface area contributed by atoms with Crippen LogP contribution in [0.4, 0.5) is 0 Å². The third-order valence-electron chi connectivity index (χ3n) is 3.30. The van der Waals surface area contributed by atoms with Crippen LogP contribution in [-0.4, -0.2) is 33.3 Å². The van der Waals surface area contributed by atoms with Crippen molar-refractivity contribution < 1.29 is 0 Å². The normalized spacial score (nSPS) is 11.3. The third-order valence-corrected chi connectivity index (χ3v) is 3.30. The highest BCUT2D eigenvalue weighted by molar-refractivity contribution is 5.81. The van der Waals surface area contributed by atoms with E-state index in [1.807, 2.05) is 25.0 Å².